The second kappa shape index (κ2) is 5.81. The Morgan fingerprint density at radius 3 is 2.72 bits per heavy atom. The summed E-state index contributed by atoms with van der Waals surface area (Å²) in [6.07, 6.45) is 2.37. The van der Waals surface area contributed by atoms with E-state index in [1.54, 1.807) is 0 Å². The summed E-state index contributed by atoms with van der Waals surface area (Å²) in [6, 6.07) is 4.14. The molecule has 0 radical (unpaired) electrons. The van der Waals surface area contributed by atoms with Crippen molar-refractivity contribution in [3.63, 3.8) is 0 Å². The summed E-state index contributed by atoms with van der Waals surface area (Å²) < 4.78 is 5.74. The SMILES string of the molecule is CCC1OCCC1C(Cl)c1cc(C)c(Cl)cc1C. The topological polar surface area (TPSA) is 9.23 Å². The van der Waals surface area contributed by atoms with E-state index in [1.165, 1.54) is 11.1 Å². The number of rotatable bonds is 3. The Labute approximate surface area is 119 Å². The van der Waals surface area contributed by atoms with Crippen LogP contribution < -0.4 is 0 Å². The molecule has 0 spiro atoms. The van der Waals surface area contributed by atoms with Crippen molar-refractivity contribution in [1.29, 1.82) is 0 Å². The highest BCUT2D eigenvalue weighted by Crippen LogP contribution is 2.41. The van der Waals surface area contributed by atoms with Crippen LogP contribution in [0, 0.1) is 19.8 Å². The lowest BCUT2D eigenvalue weighted by molar-refractivity contribution is 0.0864. The van der Waals surface area contributed by atoms with Crippen LogP contribution in [-0.2, 0) is 4.74 Å². The third kappa shape index (κ3) is 2.68. The van der Waals surface area contributed by atoms with Gasteiger partial charge in [-0.2, -0.15) is 0 Å². The molecule has 0 aliphatic carbocycles. The van der Waals surface area contributed by atoms with E-state index in [0.717, 1.165) is 30.0 Å². The van der Waals surface area contributed by atoms with Gasteiger partial charge in [0, 0.05) is 17.5 Å². The highest BCUT2D eigenvalue weighted by Gasteiger charge is 2.34. The molecule has 3 unspecified atom stereocenters. The average molecular weight is 287 g/mol. The molecule has 0 aromatic heterocycles. The zero-order chi connectivity index (χ0) is 13.3. The Kier molecular flexibility index (Phi) is 4.58. The van der Waals surface area contributed by atoms with E-state index < -0.39 is 0 Å². The molecular weight excluding hydrogens is 267 g/mol. The van der Waals surface area contributed by atoms with Crippen LogP contribution in [0.4, 0.5) is 0 Å². The number of aryl methyl sites for hydroxylation is 2. The fourth-order valence-electron chi connectivity index (χ4n) is 2.75. The van der Waals surface area contributed by atoms with Crippen LogP contribution in [0.1, 0.15) is 41.8 Å². The zero-order valence-electron chi connectivity index (χ0n) is 11.2. The monoisotopic (exact) mass is 286 g/mol. The van der Waals surface area contributed by atoms with Gasteiger partial charge in [-0.15, -0.1) is 11.6 Å². The Hall–Kier alpha value is -0.240. The Balaban J connectivity index is 2.28. The summed E-state index contributed by atoms with van der Waals surface area (Å²) >= 11 is 12.8. The molecule has 0 saturated carbocycles. The smallest absolute Gasteiger partial charge is 0.0641 e. The fourth-order valence-corrected chi connectivity index (χ4v) is 3.49. The minimum absolute atomic E-state index is 0.0217. The van der Waals surface area contributed by atoms with Crippen LogP contribution in [-0.4, -0.2) is 12.7 Å². The van der Waals surface area contributed by atoms with Crippen LogP contribution in [0.2, 0.25) is 5.02 Å². The highest BCUT2D eigenvalue weighted by atomic mass is 35.5. The highest BCUT2D eigenvalue weighted by molar-refractivity contribution is 6.31. The second-order valence-corrected chi connectivity index (χ2v) is 6.01. The molecule has 1 heterocycles. The average Bonchev–Trinajstić information content (AvgIpc) is 2.81. The molecule has 18 heavy (non-hydrogen) atoms. The summed E-state index contributed by atoms with van der Waals surface area (Å²) in [5, 5.41) is 0.836. The quantitative estimate of drug-likeness (QED) is 0.707. The van der Waals surface area contributed by atoms with Crippen molar-refractivity contribution in [1.82, 2.24) is 0 Å². The number of ether oxygens (including phenoxy) is 1. The third-order valence-electron chi connectivity index (χ3n) is 3.88. The lowest BCUT2D eigenvalue weighted by Gasteiger charge is -2.24. The molecule has 0 bridgehead atoms. The summed E-state index contributed by atoms with van der Waals surface area (Å²) in [4.78, 5) is 0. The van der Waals surface area contributed by atoms with Crippen molar-refractivity contribution < 1.29 is 4.74 Å². The maximum atomic E-state index is 6.69. The maximum absolute atomic E-state index is 6.69. The molecule has 3 heteroatoms. The first kappa shape index (κ1) is 14.2. The van der Waals surface area contributed by atoms with Crippen LogP contribution in [0.3, 0.4) is 0 Å². The molecule has 0 amide bonds. The van der Waals surface area contributed by atoms with Crippen molar-refractivity contribution >= 4 is 23.2 Å². The molecule has 1 aromatic carbocycles. The first-order valence-electron chi connectivity index (χ1n) is 6.57. The van der Waals surface area contributed by atoms with Crippen molar-refractivity contribution in [3.05, 3.63) is 33.8 Å². The van der Waals surface area contributed by atoms with Gasteiger partial charge in [0.15, 0.2) is 0 Å². The lowest BCUT2D eigenvalue weighted by atomic mass is 9.89. The molecule has 100 valence electrons. The normalized spacial score (nSPS) is 25.4. The van der Waals surface area contributed by atoms with Gasteiger partial charge in [0.2, 0.25) is 0 Å². The molecule has 3 atom stereocenters. The van der Waals surface area contributed by atoms with Crippen molar-refractivity contribution in [2.24, 2.45) is 5.92 Å². The molecule has 0 N–H and O–H groups in total. The number of alkyl halides is 1. The van der Waals surface area contributed by atoms with E-state index in [1.807, 2.05) is 13.0 Å². The Bertz CT molecular complexity index is 431. The maximum Gasteiger partial charge on any atom is 0.0641 e. The fraction of sp³-hybridized carbons (Fsp3) is 0.600. The molecule has 1 fully saturated rings. The minimum Gasteiger partial charge on any atom is -0.378 e. The molecule has 1 aromatic rings. The minimum atomic E-state index is 0.0217. The first-order chi connectivity index (χ1) is 8.54. The Morgan fingerprint density at radius 2 is 2.06 bits per heavy atom. The lowest BCUT2D eigenvalue weighted by Crippen LogP contribution is -2.19. The van der Waals surface area contributed by atoms with E-state index in [-0.39, 0.29) is 5.38 Å². The van der Waals surface area contributed by atoms with Gasteiger partial charge in [-0.1, -0.05) is 24.6 Å². The molecular formula is C15H20Cl2O. The van der Waals surface area contributed by atoms with E-state index in [0.29, 0.717) is 12.0 Å². The number of hydrogen-bond acceptors (Lipinski definition) is 1. The van der Waals surface area contributed by atoms with E-state index in [9.17, 15) is 0 Å². The van der Waals surface area contributed by atoms with E-state index in [4.69, 9.17) is 27.9 Å². The number of halogens is 2. The van der Waals surface area contributed by atoms with Gasteiger partial charge in [-0.05, 0) is 49.4 Å². The van der Waals surface area contributed by atoms with Crippen molar-refractivity contribution in [2.45, 2.75) is 45.1 Å². The van der Waals surface area contributed by atoms with Gasteiger partial charge in [0.25, 0.3) is 0 Å². The summed E-state index contributed by atoms with van der Waals surface area (Å²) in [6.45, 7) is 7.09. The van der Waals surface area contributed by atoms with Crippen molar-refractivity contribution in [2.75, 3.05) is 6.61 Å². The molecule has 1 saturated heterocycles. The number of benzene rings is 1. The summed E-state index contributed by atoms with van der Waals surface area (Å²) in [7, 11) is 0. The van der Waals surface area contributed by atoms with Gasteiger partial charge in [0.05, 0.1) is 11.5 Å². The number of hydrogen-bond donors (Lipinski definition) is 0. The predicted octanol–water partition coefficient (Wildman–Crippen LogP) is 5.05. The van der Waals surface area contributed by atoms with Gasteiger partial charge in [-0.3, -0.25) is 0 Å². The van der Waals surface area contributed by atoms with Gasteiger partial charge >= 0.3 is 0 Å². The van der Waals surface area contributed by atoms with Crippen LogP contribution in [0.15, 0.2) is 12.1 Å². The second-order valence-electron chi connectivity index (χ2n) is 5.13. The summed E-state index contributed by atoms with van der Waals surface area (Å²) in [5.74, 6) is 0.413. The standard InChI is InChI=1S/C15H20Cl2O/c1-4-14-11(5-6-18-14)15(17)12-7-10(3)13(16)8-9(12)2/h7-8,11,14-15H,4-6H2,1-3H3. The van der Waals surface area contributed by atoms with Crippen LogP contribution in [0.5, 0.6) is 0 Å². The van der Waals surface area contributed by atoms with Crippen LogP contribution >= 0.6 is 23.2 Å². The molecule has 2 rings (SSSR count). The predicted molar refractivity (Wildman–Crippen MR) is 77.7 cm³/mol. The summed E-state index contributed by atoms with van der Waals surface area (Å²) in [5.41, 5.74) is 3.47. The first-order valence-corrected chi connectivity index (χ1v) is 7.38. The molecule has 1 aliphatic rings. The Morgan fingerprint density at radius 1 is 1.33 bits per heavy atom. The van der Waals surface area contributed by atoms with Gasteiger partial charge in [-0.25, -0.2) is 0 Å². The molecule has 1 aliphatic heterocycles. The largest absolute Gasteiger partial charge is 0.378 e. The van der Waals surface area contributed by atoms with Gasteiger partial charge in [0.1, 0.15) is 0 Å². The van der Waals surface area contributed by atoms with E-state index in [2.05, 4.69) is 19.9 Å². The van der Waals surface area contributed by atoms with E-state index >= 15 is 0 Å². The third-order valence-corrected chi connectivity index (χ3v) is 4.85. The van der Waals surface area contributed by atoms with Gasteiger partial charge < -0.3 is 4.74 Å². The van der Waals surface area contributed by atoms with Crippen LogP contribution in [0.25, 0.3) is 0 Å². The molecule has 1 nitrogen and oxygen atoms in total. The zero-order valence-corrected chi connectivity index (χ0v) is 12.7. The van der Waals surface area contributed by atoms with Crippen molar-refractivity contribution in [3.8, 4) is 0 Å².